The van der Waals surface area contributed by atoms with E-state index in [1.807, 2.05) is 0 Å². The lowest BCUT2D eigenvalue weighted by Gasteiger charge is -2.16. The lowest BCUT2D eigenvalue weighted by molar-refractivity contribution is 0.0943. The third-order valence-electron chi connectivity index (χ3n) is 3.81. The molecule has 0 radical (unpaired) electrons. The zero-order chi connectivity index (χ0) is 14.9. The van der Waals surface area contributed by atoms with E-state index < -0.39 is 0 Å². The monoisotopic (exact) mass is 287 g/mol. The Morgan fingerprint density at radius 2 is 1.95 bits per heavy atom. The summed E-state index contributed by atoms with van der Waals surface area (Å²) in [6, 6.07) is 9.02. The first-order valence-corrected chi connectivity index (χ1v) is 6.69. The van der Waals surface area contributed by atoms with Crippen LogP contribution in [0.4, 0.5) is 4.39 Å². The number of nitrogens with one attached hydrogen (secondary N) is 2. The Morgan fingerprint density at radius 1 is 1.24 bits per heavy atom. The lowest BCUT2D eigenvalue weighted by atomic mass is 9.96. The largest absolute Gasteiger partial charge is 0.350 e. The highest BCUT2D eigenvalue weighted by atomic mass is 19.1. The highest BCUT2D eigenvalue weighted by Gasteiger charge is 2.44. The van der Waals surface area contributed by atoms with Crippen LogP contribution in [0.3, 0.4) is 0 Å². The van der Waals surface area contributed by atoms with E-state index >= 15 is 0 Å². The van der Waals surface area contributed by atoms with Crippen molar-refractivity contribution >= 4 is 5.91 Å². The van der Waals surface area contributed by atoms with E-state index in [1.165, 1.54) is 24.3 Å². The summed E-state index contributed by atoms with van der Waals surface area (Å²) >= 11 is 0. The average molecular weight is 287 g/mol. The quantitative estimate of drug-likeness (QED) is 0.892. The summed E-state index contributed by atoms with van der Waals surface area (Å²) in [5.41, 5.74) is 0.741. The van der Waals surface area contributed by atoms with Crippen molar-refractivity contribution in [3.05, 3.63) is 63.8 Å². The SMILES string of the molecule is O=C(NCC1(c2ccc(F)cc2)CC1)c1ccc(=O)[nH]n1. The first kappa shape index (κ1) is 13.5. The fraction of sp³-hybridized carbons (Fsp3) is 0.267. The lowest BCUT2D eigenvalue weighted by Crippen LogP contribution is -2.33. The number of carbonyl (C=O) groups is 1. The van der Waals surface area contributed by atoms with E-state index in [2.05, 4.69) is 15.5 Å². The van der Waals surface area contributed by atoms with Gasteiger partial charge in [0.2, 0.25) is 0 Å². The van der Waals surface area contributed by atoms with Crippen LogP contribution in [0.5, 0.6) is 0 Å². The van der Waals surface area contributed by atoms with Crippen molar-refractivity contribution in [2.24, 2.45) is 0 Å². The fourth-order valence-electron chi connectivity index (χ4n) is 2.33. The first-order valence-electron chi connectivity index (χ1n) is 6.69. The van der Waals surface area contributed by atoms with Crippen molar-refractivity contribution in [2.75, 3.05) is 6.54 Å². The number of amides is 1. The molecule has 0 saturated heterocycles. The Kier molecular flexibility index (Phi) is 3.29. The highest BCUT2D eigenvalue weighted by Crippen LogP contribution is 2.47. The number of aromatic nitrogens is 2. The van der Waals surface area contributed by atoms with Crippen LogP contribution in [0.15, 0.2) is 41.2 Å². The van der Waals surface area contributed by atoms with Crippen LogP contribution >= 0.6 is 0 Å². The Balaban J connectivity index is 1.67. The van der Waals surface area contributed by atoms with Gasteiger partial charge in [0, 0.05) is 18.0 Å². The second-order valence-electron chi connectivity index (χ2n) is 5.28. The third-order valence-corrected chi connectivity index (χ3v) is 3.81. The van der Waals surface area contributed by atoms with Crippen LogP contribution in [-0.4, -0.2) is 22.6 Å². The molecule has 1 saturated carbocycles. The highest BCUT2D eigenvalue weighted by molar-refractivity contribution is 5.92. The van der Waals surface area contributed by atoms with Gasteiger partial charge in [0.15, 0.2) is 0 Å². The Morgan fingerprint density at radius 3 is 2.52 bits per heavy atom. The summed E-state index contributed by atoms with van der Waals surface area (Å²) in [5.74, 6) is -0.601. The molecule has 0 aliphatic heterocycles. The molecule has 3 rings (SSSR count). The summed E-state index contributed by atoms with van der Waals surface area (Å²) in [6.07, 6.45) is 1.91. The number of H-pyrrole nitrogens is 1. The summed E-state index contributed by atoms with van der Waals surface area (Å²) in [7, 11) is 0. The number of carbonyl (C=O) groups excluding carboxylic acids is 1. The second kappa shape index (κ2) is 5.12. The molecule has 0 spiro atoms. The molecule has 1 fully saturated rings. The van der Waals surface area contributed by atoms with Crippen molar-refractivity contribution in [3.63, 3.8) is 0 Å². The Hall–Kier alpha value is -2.50. The van der Waals surface area contributed by atoms with Crippen LogP contribution in [-0.2, 0) is 5.41 Å². The van der Waals surface area contributed by atoms with Gasteiger partial charge >= 0.3 is 0 Å². The molecule has 5 nitrogen and oxygen atoms in total. The van der Waals surface area contributed by atoms with Crippen LogP contribution in [0.25, 0.3) is 0 Å². The van der Waals surface area contributed by atoms with Crippen LogP contribution in [0.1, 0.15) is 28.9 Å². The maximum Gasteiger partial charge on any atom is 0.271 e. The molecular formula is C15H14FN3O2. The smallest absolute Gasteiger partial charge is 0.271 e. The predicted octanol–water partition coefficient (Wildman–Crippen LogP) is 1.37. The molecule has 1 aromatic carbocycles. The zero-order valence-corrected chi connectivity index (χ0v) is 11.2. The van der Waals surface area contributed by atoms with Gasteiger partial charge in [-0.25, -0.2) is 9.49 Å². The summed E-state index contributed by atoms with van der Waals surface area (Å²) in [5, 5.41) is 8.72. The molecular weight excluding hydrogens is 273 g/mol. The van der Waals surface area contributed by atoms with Gasteiger partial charge < -0.3 is 5.32 Å². The Labute approximate surface area is 120 Å². The molecule has 2 N–H and O–H groups in total. The summed E-state index contributed by atoms with van der Waals surface area (Å²) < 4.78 is 13.0. The van der Waals surface area contributed by atoms with Crippen molar-refractivity contribution in [3.8, 4) is 0 Å². The van der Waals surface area contributed by atoms with Gasteiger partial charge in [-0.3, -0.25) is 9.59 Å². The van der Waals surface area contributed by atoms with Gasteiger partial charge in [0.05, 0.1) is 0 Å². The van der Waals surface area contributed by atoms with Gasteiger partial charge in [-0.2, -0.15) is 5.10 Å². The van der Waals surface area contributed by atoms with E-state index in [4.69, 9.17) is 0 Å². The van der Waals surface area contributed by atoms with Crippen molar-refractivity contribution < 1.29 is 9.18 Å². The van der Waals surface area contributed by atoms with Crippen LogP contribution in [0.2, 0.25) is 0 Å². The van der Waals surface area contributed by atoms with Crippen molar-refractivity contribution in [1.82, 2.24) is 15.5 Å². The van der Waals surface area contributed by atoms with E-state index in [0.717, 1.165) is 18.4 Å². The molecule has 6 heteroatoms. The Bertz CT molecular complexity index is 700. The summed E-state index contributed by atoms with van der Waals surface area (Å²) in [6.45, 7) is 0.471. The molecule has 0 atom stereocenters. The van der Waals surface area contributed by atoms with Gasteiger partial charge in [0.25, 0.3) is 11.5 Å². The number of aromatic amines is 1. The molecule has 1 aromatic heterocycles. The molecule has 0 unspecified atom stereocenters. The maximum absolute atomic E-state index is 13.0. The van der Waals surface area contributed by atoms with Gasteiger partial charge in [-0.1, -0.05) is 12.1 Å². The number of benzene rings is 1. The minimum absolute atomic E-state index is 0.106. The van der Waals surface area contributed by atoms with Crippen LogP contribution < -0.4 is 10.9 Å². The standard InChI is InChI=1S/C15H14FN3O2/c16-11-3-1-10(2-4-11)15(7-8-15)9-17-14(21)12-5-6-13(20)19-18-12/h1-6H,7-9H2,(H,17,21)(H,19,20). The number of rotatable bonds is 4. The fourth-order valence-corrected chi connectivity index (χ4v) is 2.33. The molecule has 1 heterocycles. The molecule has 1 aliphatic rings. The van der Waals surface area contributed by atoms with Gasteiger partial charge in [-0.05, 0) is 36.6 Å². The van der Waals surface area contributed by atoms with Crippen molar-refractivity contribution in [1.29, 1.82) is 0 Å². The minimum Gasteiger partial charge on any atom is -0.350 e. The van der Waals surface area contributed by atoms with Crippen LogP contribution in [0, 0.1) is 5.82 Å². The van der Waals surface area contributed by atoms with Crippen molar-refractivity contribution in [2.45, 2.75) is 18.3 Å². The van der Waals surface area contributed by atoms with E-state index in [9.17, 15) is 14.0 Å². The molecule has 108 valence electrons. The predicted molar refractivity (Wildman–Crippen MR) is 74.5 cm³/mol. The van der Waals surface area contributed by atoms with E-state index in [-0.39, 0.29) is 28.4 Å². The normalized spacial score (nSPS) is 15.5. The zero-order valence-electron chi connectivity index (χ0n) is 11.2. The van der Waals surface area contributed by atoms with Gasteiger partial charge in [0.1, 0.15) is 11.5 Å². The number of hydrogen-bond donors (Lipinski definition) is 2. The average Bonchev–Trinajstić information content (AvgIpc) is 3.27. The number of nitrogens with zero attached hydrogens (tertiary/aromatic N) is 1. The molecule has 1 aliphatic carbocycles. The molecule has 0 bridgehead atoms. The van der Waals surface area contributed by atoms with E-state index in [0.29, 0.717) is 6.54 Å². The minimum atomic E-state index is -0.350. The summed E-state index contributed by atoms with van der Waals surface area (Å²) in [4.78, 5) is 22.9. The molecule has 1 amide bonds. The third kappa shape index (κ3) is 2.84. The van der Waals surface area contributed by atoms with E-state index in [1.54, 1.807) is 12.1 Å². The first-order chi connectivity index (χ1) is 10.1. The number of hydrogen-bond acceptors (Lipinski definition) is 3. The van der Waals surface area contributed by atoms with Gasteiger partial charge in [-0.15, -0.1) is 0 Å². The molecule has 2 aromatic rings. The second-order valence-corrected chi connectivity index (χ2v) is 5.28. The maximum atomic E-state index is 13.0. The molecule has 21 heavy (non-hydrogen) atoms. The topological polar surface area (TPSA) is 74.8 Å². The number of halogens is 1.